The molecule has 1 aliphatic heterocycles. The van der Waals surface area contributed by atoms with Crippen LogP contribution >= 0.6 is 0 Å². The van der Waals surface area contributed by atoms with Crippen LogP contribution in [0.25, 0.3) is 0 Å². The lowest BCUT2D eigenvalue weighted by atomic mass is 9.94. The molecule has 168 valence electrons. The van der Waals surface area contributed by atoms with E-state index in [9.17, 15) is 33.6 Å². The molecular formula is C17H32F3NO7. The van der Waals surface area contributed by atoms with Crippen LogP contribution in [0.15, 0.2) is 0 Å². The van der Waals surface area contributed by atoms with Crippen molar-refractivity contribution in [3.05, 3.63) is 0 Å². The zero-order chi connectivity index (χ0) is 21.0. The standard InChI is InChI=1S/C17H32F3NO7/c18-17(19,20)28-10-9-27-8-7-26-6-4-2-1-3-5-21-11-14(23)16(25)15(24)13(21)12-22/h13-16,22-25H,1-12H2/t13?,14-,15+,16+/m0/s1. The number of unbranched alkanes of at least 4 members (excludes halogenated alkanes) is 3. The van der Waals surface area contributed by atoms with Crippen LogP contribution in [0.1, 0.15) is 25.7 Å². The first kappa shape index (κ1) is 25.5. The summed E-state index contributed by atoms with van der Waals surface area (Å²) in [6, 6.07) is -0.580. The van der Waals surface area contributed by atoms with Crippen molar-refractivity contribution >= 4 is 0 Å². The van der Waals surface area contributed by atoms with Crippen LogP contribution in [0.5, 0.6) is 0 Å². The molecule has 0 spiro atoms. The van der Waals surface area contributed by atoms with Crippen molar-refractivity contribution in [2.45, 2.75) is 56.4 Å². The Hall–Kier alpha value is -0.530. The van der Waals surface area contributed by atoms with E-state index in [4.69, 9.17) is 9.47 Å². The molecule has 11 heteroatoms. The zero-order valence-electron chi connectivity index (χ0n) is 15.9. The first-order valence-electron chi connectivity index (χ1n) is 9.51. The van der Waals surface area contributed by atoms with Gasteiger partial charge < -0.3 is 29.9 Å². The van der Waals surface area contributed by atoms with Gasteiger partial charge in [-0.15, -0.1) is 13.2 Å². The summed E-state index contributed by atoms with van der Waals surface area (Å²) in [5.41, 5.74) is 0. The van der Waals surface area contributed by atoms with Gasteiger partial charge >= 0.3 is 6.36 Å². The van der Waals surface area contributed by atoms with Crippen LogP contribution in [0.2, 0.25) is 0 Å². The number of β-amino-alcohol motifs (C(OH)–C–C–N with tert-alkyl or cyclic N) is 1. The Morgan fingerprint density at radius 3 is 2.07 bits per heavy atom. The second-order valence-corrected chi connectivity index (χ2v) is 6.73. The Kier molecular flexibility index (Phi) is 12.4. The summed E-state index contributed by atoms with van der Waals surface area (Å²) in [5.74, 6) is 0. The fraction of sp³-hybridized carbons (Fsp3) is 1.00. The second-order valence-electron chi connectivity index (χ2n) is 6.73. The van der Waals surface area contributed by atoms with Crippen LogP contribution in [0.3, 0.4) is 0 Å². The minimum Gasteiger partial charge on any atom is -0.395 e. The number of halogens is 3. The van der Waals surface area contributed by atoms with Crippen molar-refractivity contribution in [3.8, 4) is 0 Å². The van der Waals surface area contributed by atoms with Crippen LogP contribution in [-0.2, 0) is 14.2 Å². The molecule has 4 N–H and O–H groups in total. The summed E-state index contributed by atoms with van der Waals surface area (Å²) in [5, 5.41) is 38.7. The number of likely N-dealkylation sites (tertiary alicyclic amines) is 1. The molecule has 28 heavy (non-hydrogen) atoms. The summed E-state index contributed by atoms with van der Waals surface area (Å²) in [7, 11) is 0. The molecule has 0 aliphatic carbocycles. The quantitative estimate of drug-likeness (QED) is 0.288. The zero-order valence-corrected chi connectivity index (χ0v) is 15.9. The molecule has 0 saturated carbocycles. The molecule has 1 heterocycles. The molecule has 1 unspecified atom stereocenters. The smallest absolute Gasteiger partial charge is 0.395 e. The van der Waals surface area contributed by atoms with E-state index in [1.165, 1.54) is 0 Å². The van der Waals surface area contributed by atoms with Crippen LogP contribution in [0, 0.1) is 0 Å². The SMILES string of the molecule is OCC1[C@@H](O)[C@H](O)[C@@H](O)CN1CCCCCCOCCOCCOC(F)(F)F. The van der Waals surface area contributed by atoms with Gasteiger partial charge in [-0.25, -0.2) is 0 Å². The maximum Gasteiger partial charge on any atom is 0.522 e. The van der Waals surface area contributed by atoms with E-state index in [2.05, 4.69) is 4.74 Å². The Morgan fingerprint density at radius 2 is 1.43 bits per heavy atom. The largest absolute Gasteiger partial charge is 0.522 e. The number of aliphatic hydroxyl groups excluding tert-OH is 4. The van der Waals surface area contributed by atoms with Crippen LogP contribution in [-0.4, -0.2) is 109 Å². The minimum absolute atomic E-state index is 0.144. The van der Waals surface area contributed by atoms with Crippen molar-refractivity contribution in [1.82, 2.24) is 4.90 Å². The fourth-order valence-electron chi connectivity index (χ4n) is 3.05. The van der Waals surface area contributed by atoms with Gasteiger partial charge in [0, 0.05) is 13.2 Å². The number of hydrogen-bond donors (Lipinski definition) is 4. The first-order valence-corrected chi connectivity index (χ1v) is 9.51. The first-order chi connectivity index (χ1) is 13.3. The molecule has 0 aromatic carbocycles. The topological polar surface area (TPSA) is 112 Å². The monoisotopic (exact) mass is 419 g/mol. The number of rotatable bonds is 14. The summed E-state index contributed by atoms with van der Waals surface area (Å²) < 4.78 is 49.0. The molecular weight excluding hydrogens is 387 g/mol. The Morgan fingerprint density at radius 1 is 0.821 bits per heavy atom. The van der Waals surface area contributed by atoms with Crippen LogP contribution < -0.4 is 0 Å². The minimum atomic E-state index is -4.63. The second kappa shape index (κ2) is 13.6. The summed E-state index contributed by atoms with van der Waals surface area (Å²) in [4.78, 5) is 1.79. The van der Waals surface area contributed by atoms with E-state index in [0.717, 1.165) is 25.7 Å². The normalized spacial score (nSPS) is 26.7. The molecule has 1 fully saturated rings. The molecule has 8 nitrogen and oxygen atoms in total. The summed E-state index contributed by atoms with van der Waals surface area (Å²) >= 11 is 0. The van der Waals surface area contributed by atoms with E-state index in [0.29, 0.717) is 19.8 Å². The maximum atomic E-state index is 11.7. The average Bonchev–Trinajstić information content (AvgIpc) is 2.63. The number of hydrogen-bond acceptors (Lipinski definition) is 8. The van der Waals surface area contributed by atoms with Gasteiger partial charge in [0.25, 0.3) is 0 Å². The predicted octanol–water partition coefficient (Wildman–Crippen LogP) is -0.124. The molecule has 1 saturated heterocycles. The highest BCUT2D eigenvalue weighted by molar-refractivity contribution is 4.93. The molecule has 4 atom stereocenters. The highest BCUT2D eigenvalue weighted by Crippen LogP contribution is 2.19. The van der Waals surface area contributed by atoms with Crippen molar-refractivity contribution in [1.29, 1.82) is 0 Å². The summed E-state index contributed by atoms with van der Waals surface area (Å²) in [6.07, 6.45) is -4.64. The molecule has 1 rings (SSSR count). The van der Waals surface area contributed by atoms with Crippen molar-refractivity contribution in [2.24, 2.45) is 0 Å². The molecule has 1 aliphatic rings. The third kappa shape index (κ3) is 10.3. The Balaban J connectivity index is 1.95. The lowest BCUT2D eigenvalue weighted by Gasteiger charge is -2.43. The van der Waals surface area contributed by atoms with E-state index < -0.39 is 37.3 Å². The predicted molar refractivity (Wildman–Crippen MR) is 92.6 cm³/mol. The van der Waals surface area contributed by atoms with Crippen LogP contribution in [0.4, 0.5) is 13.2 Å². The number of alkyl halides is 3. The molecule has 0 aromatic heterocycles. The van der Waals surface area contributed by atoms with E-state index in [1.54, 1.807) is 4.90 Å². The van der Waals surface area contributed by atoms with Crippen molar-refractivity contribution < 1.29 is 47.8 Å². The van der Waals surface area contributed by atoms with Gasteiger partial charge in [-0.3, -0.25) is 9.64 Å². The Labute approximate surface area is 162 Å². The van der Waals surface area contributed by atoms with Gasteiger partial charge in [-0.05, 0) is 19.4 Å². The molecule has 0 amide bonds. The van der Waals surface area contributed by atoms with E-state index >= 15 is 0 Å². The summed E-state index contributed by atoms with van der Waals surface area (Å²) in [6.45, 7) is 0.865. The highest BCUT2D eigenvalue weighted by atomic mass is 19.4. The molecule has 0 radical (unpaired) electrons. The fourth-order valence-corrected chi connectivity index (χ4v) is 3.05. The number of nitrogens with zero attached hydrogens (tertiary/aromatic N) is 1. The van der Waals surface area contributed by atoms with Gasteiger partial charge in [0.05, 0.1) is 45.2 Å². The van der Waals surface area contributed by atoms with Gasteiger partial charge in [0.15, 0.2) is 0 Å². The third-order valence-electron chi connectivity index (χ3n) is 4.57. The number of ether oxygens (including phenoxy) is 3. The van der Waals surface area contributed by atoms with E-state index in [-0.39, 0.29) is 26.4 Å². The Bertz CT molecular complexity index is 403. The van der Waals surface area contributed by atoms with E-state index in [1.807, 2.05) is 0 Å². The van der Waals surface area contributed by atoms with Gasteiger partial charge in [0.1, 0.15) is 12.2 Å². The van der Waals surface area contributed by atoms with Gasteiger partial charge in [-0.1, -0.05) is 12.8 Å². The third-order valence-corrected chi connectivity index (χ3v) is 4.57. The lowest BCUT2D eigenvalue weighted by Crippen LogP contribution is -2.62. The van der Waals surface area contributed by atoms with Gasteiger partial charge in [-0.2, -0.15) is 0 Å². The van der Waals surface area contributed by atoms with Crippen molar-refractivity contribution in [2.75, 3.05) is 52.7 Å². The van der Waals surface area contributed by atoms with Gasteiger partial charge in [0.2, 0.25) is 0 Å². The van der Waals surface area contributed by atoms with Crippen molar-refractivity contribution in [3.63, 3.8) is 0 Å². The maximum absolute atomic E-state index is 11.7. The number of aliphatic hydroxyl groups is 4. The lowest BCUT2D eigenvalue weighted by molar-refractivity contribution is -0.327. The molecule has 0 aromatic rings. The molecule has 0 bridgehead atoms. The number of piperidine rings is 1. The average molecular weight is 419 g/mol. The highest BCUT2D eigenvalue weighted by Gasteiger charge is 2.40.